The maximum absolute atomic E-state index is 12.4. The first kappa shape index (κ1) is 13.7. The van der Waals surface area contributed by atoms with Crippen molar-refractivity contribution in [2.45, 2.75) is 13.8 Å². The van der Waals surface area contributed by atoms with E-state index in [2.05, 4.69) is 4.98 Å². The molecule has 0 bridgehead atoms. The minimum absolute atomic E-state index is 0.190. The Balaban J connectivity index is 1.62. The fourth-order valence-corrected chi connectivity index (χ4v) is 2.69. The zero-order valence-electron chi connectivity index (χ0n) is 12.8. The van der Waals surface area contributed by atoms with E-state index in [1.54, 1.807) is 24.3 Å². The van der Waals surface area contributed by atoms with E-state index >= 15 is 0 Å². The van der Waals surface area contributed by atoms with Crippen molar-refractivity contribution in [3.05, 3.63) is 53.2 Å². The van der Waals surface area contributed by atoms with Crippen molar-refractivity contribution in [3.63, 3.8) is 0 Å². The number of nitrogens with one attached hydrogen (secondary N) is 1. The molecule has 0 radical (unpaired) electrons. The Kier molecular flexibility index (Phi) is 3.01. The van der Waals surface area contributed by atoms with E-state index in [0.29, 0.717) is 22.8 Å². The fourth-order valence-electron chi connectivity index (χ4n) is 2.69. The average molecular weight is 309 g/mol. The van der Waals surface area contributed by atoms with Gasteiger partial charge in [0.1, 0.15) is 5.75 Å². The van der Waals surface area contributed by atoms with Crippen molar-refractivity contribution < 1.29 is 19.0 Å². The number of aromatic amines is 1. The van der Waals surface area contributed by atoms with Crippen LogP contribution in [0.4, 0.5) is 0 Å². The zero-order chi connectivity index (χ0) is 16.0. The molecule has 0 amide bonds. The highest BCUT2D eigenvalue weighted by molar-refractivity contribution is 5.97. The average Bonchev–Trinajstić information content (AvgIpc) is 3.12. The Bertz CT molecular complexity index is 926. The number of hydrogen-bond acceptors (Lipinski definition) is 4. The number of aromatic nitrogens is 1. The minimum atomic E-state index is -0.399. The third-order valence-electron chi connectivity index (χ3n) is 4.10. The molecule has 1 N–H and O–H groups in total. The Morgan fingerprint density at radius 1 is 1.09 bits per heavy atom. The molecule has 4 rings (SSSR count). The normalized spacial score (nSPS) is 12.6. The lowest BCUT2D eigenvalue weighted by Gasteiger charge is -2.05. The lowest BCUT2D eigenvalue weighted by atomic mass is 10.1. The molecule has 116 valence electrons. The van der Waals surface area contributed by atoms with E-state index < -0.39 is 5.97 Å². The van der Waals surface area contributed by atoms with Crippen LogP contribution in [-0.2, 0) is 0 Å². The molecule has 1 aliphatic rings. The number of fused-ring (bicyclic) bond motifs is 2. The topological polar surface area (TPSA) is 60.6 Å². The predicted molar refractivity (Wildman–Crippen MR) is 85.3 cm³/mol. The van der Waals surface area contributed by atoms with Gasteiger partial charge in [0.15, 0.2) is 11.5 Å². The van der Waals surface area contributed by atoms with Gasteiger partial charge in [0.25, 0.3) is 0 Å². The minimum Gasteiger partial charge on any atom is -0.454 e. The van der Waals surface area contributed by atoms with Crippen LogP contribution in [0.3, 0.4) is 0 Å². The highest BCUT2D eigenvalue weighted by atomic mass is 16.7. The third-order valence-corrected chi connectivity index (χ3v) is 4.10. The van der Waals surface area contributed by atoms with Crippen LogP contribution >= 0.6 is 0 Å². The van der Waals surface area contributed by atoms with Gasteiger partial charge in [-0.2, -0.15) is 0 Å². The van der Waals surface area contributed by atoms with Crippen molar-refractivity contribution in [3.8, 4) is 17.2 Å². The first-order chi connectivity index (χ1) is 11.1. The predicted octanol–water partition coefficient (Wildman–Crippen LogP) is 3.73. The van der Waals surface area contributed by atoms with E-state index in [1.165, 1.54) is 0 Å². The summed E-state index contributed by atoms with van der Waals surface area (Å²) in [6.45, 7) is 4.23. The number of benzene rings is 2. The van der Waals surface area contributed by atoms with Gasteiger partial charge in [-0.3, -0.25) is 0 Å². The number of rotatable bonds is 2. The van der Waals surface area contributed by atoms with Crippen LogP contribution in [0, 0.1) is 13.8 Å². The quantitative estimate of drug-likeness (QED) is 0.579. The number of H-pyrrole nitrogens is 1. The summed E-state index contributed by atoms with van der Waals surface area (Å²) in [5.41, 5.74) is 3.76. The molecule has 0 saturated heterocycles. The molecular weight excluding hydrogens is 294 g/mol. The van der Waals surface area contributed by atoms with E-state index in [4.69, 9.17) is 14.2 Å². The maximum Gasteiger partial charge on any atom is 0.343 e. The van der Waals surface area contributed by atoms with Crippen molar-refractivity contribution in [2.75, 3.05) is 6.79 Å². The van der Waals surface area contributed by atoms with Crippen molar-refractivity contribution in [1.29, 1.82) is 0 Å². The second-order valence-corrected chi connectivity index (χ2v) is 5.54. The summed E-state index contributed by atoms with van der Waals surface area (Å²) in [5, 5.41) is 1.03. The molecule has 0 aliphatic carbocycles. The molecule has 0 spiro atoms. The summed E-state index contributed by atoms with van der Waals surface area (Å²) in [6.07, 6.45) is 0. The molecule has 0 atom stereocenters. The number of aryl methyl sites for hydroxylation is 2. The highest BCUT2D eigenvalue weighted by Crippen LogP contribution is 2.35. The molecule has 3 aromatic rings. The van der Waals surface area contributed by atoms with Gasteiger partial charge in [0.2, 0.25) is 6.79 Å². The van der Waals surface area contributed by atoms with Gasteiger partial charge in [-0.1, -0.05) is 0 Å². The van der Waals surface area contributed by atoms with Crippen molar-refractivity contribution in [2.24, 2.45) is 0 Å². The highest BCUT2D eigenvalue weighted by Gasteiger charge is 2.16. The molecule has 23 heavy (non-hydrogen) atoms. The largest absolute Gasteiger partial charge is 0.454 e. The van der Waals surface area contributed by atoms with Crippen LogP contribution in [0.5, 0.6) is 17.2 Å². The smallest absolute Gasteiger partial charge is 0.343 e. The summed E-state index contributed by atoms with van der Waals surface area (Å²) in [7, 11) is 0. The van der Waals surface area contributed by atoms with Crippen LogP contribution in [0.2, 0.25) is 0 Å². The second-order valence-electron chi connectivity index (χ2n) is 5.54. The molecule has 1 aliphatic heterocycles. The molecule has 5 nitrogen and oxygen atoms in total. The zero-order valence-corrected chi connectivity index (χ0v) is 12.8. The van der Waals surface area contributed by atoms with Crippen LogP contribution in [0.1, 0.15) is 21.6 Å². The van der Waals surface area contributed by atoms with Crippen LogP contribution in [0.15, 0.2) is 36.4 Å². The standard InChI is InChI=1S/C18H15NO4/c1-10-11(2)19-15-5-3-12(7-14(10)15)18(20)23-13-4-6-16-17(8-13)22-9-21-16/h3-8,19H,9H2,1-2H3. The molecule has 2 aromatic carbocycles. The lowest BCUT2D eigenvalue weighted by molar-refractivity contribution is 0.0734. The van der Waals surface area contributed by atoms with E-state index in [9.17, 15) is 4.79 Å². The van der Waals surface area contributed by atoms with Gasteiger partial charge in [-0.25, -0.2) is 4.79 Å². The number of carbonyl (C=O) groups excluding carboxylic acids is 1. The molecule has 0 unspecified atom stereocenters. The molecule has 0 fully saturated rings. The summed E-state index contributed by atoms with van der Waals surface area (Å²) in [5.74, 6) is 1.28. The van der Waals surface area contributed by atoms with Gasteiger partial charge in [-0.15, -0.1) is 0 Å². The van der Waals surface area contributed by atoms with Crippen LogP contribution < -0.4 is 14.2 Å². The van der Waals surface area contributed by atoms with E-state index in [1.807, 2.05) is 26.0 Å². The summed E-state index contributed by atoms with van der Waals surface area (Å²) >= 11 is 0. The molecule has 0 saturated carbocycles. The van der Waals surface area contributed by atoms with Crippen LogP contribution in [-0.4, -0.2) is 17.7 Å². The van der Waals surface area contributed by atoms with E-state index in [0.717, 1.165) is 22.2 Å². The number of esters is 1. The molecule has 5 heteroatoms. The van der Waals surface area contributed by atoms with Gasteiger partial charge in [0.05, 0.1) is 5.56 Å². The Labute approximate surface area is 132 Å². The SMILES string of the molecule is Cc1[nH]c2ccc(C(=O)Oc3ccc4c(c3)OCO4)cc2c1C. The first-order valence-corrected chi connectivity index (χ1v) is 7.32. The summed E-state index contributed by atoms with van der Waals surface area (Å²) in [4.78, 5) is 15.7. The Hall–Kier alpha value is -2.95. The fraction of sp³-hybridized carbons (Fsp3) is 0.167. The number of hydrogen-bond donors (Lipinski definition) is 1. The summed E-state index contributed by atoms with van der Waals surface area (Å²) in [6, 6.07) is 10.6. The van der Waals surface area contributed by atoms with E-state index in [-0.39, 0.29) is 6.79 Å². The van der Waals surface area contributed by atoms with Crippen LogP contribution in [0.25, 0.3) is 10.9 Å². The number of carbonyl (C=O) groups is 1. The van der Waals surface area contributed by atoms with Gasteiger partial charge < -0.3 is 19.2 Å². The van der Waals surface area contributed by atoms with Gasteiger partial charge in [0, 0.05) is 22.7 Å². The molecular formula is C18H15NO4. The van der Waals surface area contributed by atoms with Gasteiger partial charge >= 0.3 is 5.97 Å². The Morgan fingerprint density at radius 3 is 2.78 bits per heavy atom. The Morgan fingerprint density at radius 2 is 1.91 bits per heavy atom. The third kappa shape index (κ3) is 2.30. The second kappa shape index (κ2) is 5.05. The van der Waals surface area contributed by atoms with Crippen molar-refractivity contribution in [1.82, 2.24) is 4.98 Å². The number of ether oxygens (including phenoxy) is 3. The van der Waals surface area contributed by atoms with Crippen molar-refractivity contribution >= 4 is 16.9 Å². The monoisotopic (exact) mass is 309 g/mol. The lowest BCUT2D eigenvalue weighted by Crippen LogP contribution is -2.08. The maximum atomic E-state index is 12.4. The summed E-state index contributed by atoms with van der Waals surface area (Å²) < 4.78 is 16.0. The molecule has 2 heterocycles. The first-order valence-electron chi connectivity index (χ1n) is 7.32. The van der Waals surface area contributed by atoms with Gasteiger partial charge in [-0.05, 0) is 49.7 Å². The molecule has 1 aromatic heterocycles.